The maximum absolute atomic E-state index is 13.6. The Kier molecular flexibility index (Phi) is 6.75. The molecule has 3 amide bonds. The molecule has 0 aromatic heterocycles. The lowest BCUT2D eigenvalue weighted by molar-refractivity contribution is -0.682. The number of imide groups is 1. The smallest absolute Gasteiger partial charge is 0.326 e. The predicted molar refractivity (Wildman–Crippen MR) is 95.2 cm³/mol. The fraction of sp³-hybridized carbons (Fsp3) is 0.176. The summed E-state index contributed by atoms with van der Waals surface area (Å²) in [5.41, 5.74) is 1.10. The number of anilines is 1. The Balaban J connectivity index is 1.85. The number of carbonyl (C=O) groups excluding carboxylic acids is 2. The Morgan fingerprint density at radius 3 is 2.52 bits per heavy atom. The highest BCUT2D eigenvalue weighted by Crippen LogP contribution is 2.27. The highest BCUT2D eigenvalue weighted by atomic mass is 35.5. The van der Waals surface area contributed by atoms with Gasteiger partial charge in [-0.2, -0.15) is 0 Å². The number of para-hydroxylation sites is 1. The van der Waals surface area contributed by atoms with Crippen molar-refractivity contribution >= 4 is 40.8 Å². The molecular formula is C17H17Cl2FN3O2+. The lowest BCUT2D eigenvalue weighted by Crippen LogP contribution is -2.87. The van der Waals surface area contributed by atoms with Crippen molar-refractivity contribution < 1.29 is 19.3 Å². The van der Waals surface area contributed by atoms with E-state index in [1.807, 2.05) is 6.07 Å². The fourth-order valence-corrected chi connectivity index (χ4v) is 2.71. The average molecular weight is 385 g/mol. The zero-order valence-electron chi connectivity index (χ0n) is 13.4. The van der Waals surface area contributed by atoms with E-state index in [0.29, 0.717) is 16.3 Å². The van der Waals surface area contributed by atoms with Gasteiger partial charge in [0.2, 0.25) is 0 Å². The topological polar surface area (TPSA) is 74.8 Å². The van der Waals surface area contributed by atoms with Gasteiger partial charge < -0.3 is 10.6 Å². The van der Waals surface area contributed by atoms with Crippen LogP contribution in [0.1, 0.15) is 18.5 Å². The summed E-state index contributed by atoms with van der Waals surface area (Å²) >= 11 is 11.7. The van der Waals surface area contributed by atoms with Gasteiger partial charge >= 0.3 is 6.03 Å². The Hall–Kier alpha value is -2.15. The minimum Gasteiger partial charge on any atom is -0.332 e. The first-order valence-electron chi connectivity index (χ1n) is 7.50. The lowest BCUT2D eigenvalue weighted by atomic mass is 10.1. The maximum atomic E-state index is 13.6. The van der Waals surface area contributed by atoms with E-state index < -0.39 is 17.8 Å². The third-order valence-electron chi connectivity index (χ3n) is 3.47. The second-order valence-electron chi connectivity index (χ2n) is 5.38. The van der Waals surface area contributed by atoms with Crippen molar-refractivity contribution in [3.05, 3.63) is 63.9 Å². The summed E-state index contributed by atoms with van der Waals surface area (Å²) in [6.45, 7) is 1.75. The minimum atomic E-state index is -0.618. The molecule has 8 heteroatoms. The van der Waals surface area contributed by atoms with Gasteiger partial charge in [-0.15, -0.1) is 0 Å². The molecule has 25 heavy (non-hydrogen) atoms. The number of hydrogen-bond acceptors (Lipinski definition) is 2. The number of rotatable bonds is 5. The first kappa shape index (κ1) is 19.2. The number of quaternary nitrogens is 1. The first-order valence-corrected chi connectivity index (χ1v) is 8.26. The molecule has 0 heterocycles. The monoisotopic (exact) mass is 384 g/mol. The second-order valence-corrected chi connectivity index (χ2v) is 6.20. The van der Waals surface area contributed by atoms with Gasteiger partial charge in [0.15, 0.2) is 6.54 Å². The summed E-state index contributed by atoms with van der Waals surface area (Å²) < 4.78 is 13.6. The fourth-order valence-electron chi connectivity index (χ4n) is 2.16. The summed E-state index contributed by atoms with van der Waals surface area (Å²) in [7, 11) is 0. The molecule has 0 saturated carbocycles. The molecule has 0 aliphatic heterocycles. The van der Waals surface area contributed by atoms with Crippen molar-refractivity contribution in [1.29, 1.82) is 0 Å². The van der Waals surface area contributed by atoms with Gasteiger partial charge in [-0.1, -0.05) is 41.4 Å². The Labute approximate surface area is 154 Å². The van der Waals surface area contributed by atoms with Crippen molar-refractivity contribution in [1.82, 2.24) is 5.32 Å². The lowest BCUT2D eigenvalue weighted by Gasteiger charge is -2.13. The quantitative estimate of drug-likeness (QED) is 0.692. The van der Waals surface area contributed by atoms with Gasteiger partial charge in [0.25, 0.3) is 5.91 Å². The number of nitrogens with two attached hydrogens (primary N) is 1. The molecule has 2 aromatic carbocycles. The molecule has 0 radical (unpaired) electrons. The van der Waals surface area contributed by atoms with Crippen molar-refractivity contribution in [2.45, 2.75) is 13.0 Å². The van der Waals surface area contributed by atoms with Crippen LogP contribution in [0.4, 0.5) is 14.9 Å². The van der Waals surface area contributed by atoms with Gasteiger partial charge in [-0.25, -0.2) is 9.18 Å². The van der Waals surface area contributed by atoms with E-state index >= 15 is 0 Å². The van der Waals surface area contributed by atoms with E-state index in [4.69, 9.17) is 23.2 Å². The van der Waals surface area contributed by atoms with Crippen LogP contribution in [0, 0.1) is 5.82 Å². The van der Waals surface area contributed by atoms with Crippen molar-refractivity contribution in [3.8, 4) is 0 Å². The van der Waals surface area contributed by atoms with Crippen LogP contribution in [0.25, 0.3) is 0 Å². The third-order valence-corrected chi connectivity index (χ3v) is 4.09. The molecule has 0 aliphatic rings. The average Bonchev–Trinajstić information content (AvgIpc) is 2.56. The molecular weight excluding hydrogens is 368 g/mol. The molecule has 0 unspecified atom stereocenters. The zero-order valence-corrected chi connectivity index (χ0v) is 14.9. The summed E-state index contributed by atoms with van der Waals surface area (Å²) in [6.07, 6.45) is 0. The molecule has 1 atom stereocenters. The summed E-state index contributed by atoms with van der Waals surface area (Å²) in [5, 5.41) is 6.66. The number of halogens is 3. The molecule has 0 aliphatic carbocycles. The van der Waals surface area contributed by atoms with Crippen LogP contribution < -0.4 is 16.0 Å². The largest absolute Gasteiger partial charge is 0.332 e. The number of nitrogens with one attached hydrogen (secondary N) is 2. The standard InChI is InChI=1S/C17H16Cl2FN3O2/c1-10(12-7-15(20)14(19)8-13(12)18)21-9-16(24)23-17(25)22-11-5-3-2-4-6-11/h2-8,10,21H,9H2,1H3,(H2,22,23,24,25)/p+1/t10-/m0/s1. The van der Waals surface area contributed by atoms with Crippen LogP contribution in [0.3, 0.4) is 0 Å². The van der Waals surface area contributed by atoms with Crippen molar-refractivity contribution in [2.24, 2.45) is 0 Å². The molecule has 4 N–H and O–H groups in total. The van der Waals surface area contributed by atoms with E-state index in [1.54, 1.807) is 36.5 Å². The van der Waals surface area contributed by atoms with Crippen LogP contribution in [-0.4, -0.2) is 18.5 Å². The Morgan fingerprint density at radius 2 is 1.84 bits per heavy atom. The first-order chi connectivity index (χ1) is 11.9. The van der Waals surface area contributed by atoms with E-state index in [2.05, 4.69) is 10.6 Å². The van der Waals surface area contributed by atoms with Gasteiger partial charge in [0.1, 0.15) is 11.9 Å². The van der Waals surface area contributed by atoms with Crippen LogP contribution in [0.5, 0.6) is 0 Å². The highest BCUT2D eigenvalue weighted by molar-refractivity contribution is 6.35. The molecule has 0 fully saturated rings. The molecule has 5 nitrogen and oxygen atoms in total. The maximum Gasteiger partial charge on any atom is 0.326 e. The Morgan fingerprint density at radius 1 is 1.16 bits per heavy atom. The second kappa shape index (κ2) is 8.80. The minimum absolute atomic E-state index is 0.0239. The highest BCUT2D eigenvalue weighted by Gasteiger charge is 2.18. The summed E-state index contributed by atoms with van der Waals surface area (Å²) in [6, 6.07) is 10.4. The molecule has 2 rings (SSSR count). The van der Waals surface area contributed by atoms with Gasteiger partial charge in [-0.3, -0.25) is 10.1 Å². The summed E-state index contributed by atoms with van der Waals surface area (Å²) in [5.74, 6) is -1.06. The van der Waals surface area contributed by atoms with E-state index in [-0.39, 0.29) is 17.6 Å². The van der Waals surface area contributed by atoms with Crippen molar-refractivity contribution in [3.63, 3.8) is 0 Å². The van der Waals surface area contributed by atoms with Gasteiger partial charge in [0, 0.05) is 11.3 Å². The van der Waals surface area contributed by atoms with Crippen molar-refractivity contribution in [2.75, 3.05) is 11.9 Å². The Bertz CT molecular complexity index is 772. The third kappa shape index (κ3) is 5.70. The number of amides is 3. The van der Waals surface area contributed by atoms with Crippen LogP contribution in [0.15, 0.2) is 42.5 Å². The van der Waals surface area contributed by atoms with Crippen LogP contribution >= 0.6 is 23.2 Å². The van der Waals surface area contributed by atoms with Gasteiger partial charge in [0.05, 0.1) is 10.0 Å². The van der Waals surface area contributed by atoms with E-state index in [1.165, 1.54) is 12.1 Å². The predicted octanol–water partition coefficient (Wildman–Crippen LogP) is 3.11. The SMILES string of the molecule is C[C@H]([NH2+]CC(=O)NC(=O)Nc1ccccc1)c1cc(F)c(Cl)cc1Cl. The van der Waals surface area contributed by atoms with E-state index in [0.717, 1.165) is 0 Å². The normalized spacial score (nSPS) is 11.7. The van der Waals surface area contributed by atoms with E-state index in [9.17, 15) is 14.0 Å². The number of benzene rings is 2. The number of hydrogen-bond donors (Lipinski definition) is 3. The molecule has 0 saturated heterocycles. The number of urea groups is 1. The molecule has 0 spiro atoms. The van der Waals surface area contributed by atoms with Crippen LogP contribution in [-0.2, 0) is 4.79 Å². The zero-order chi connectivity index (χ0) is 18.4. The molecule has 0 bridgehead atoms. The summed E-state index contributed by atoms with van der Waals surface area (Å²) in [4.78, 5) is 23.6. The molecule has 132 valence electrons. The molecule has 2 aromatic rings. The van der Waals surface area contributed by atoms with Crippen LogP contribution in [0.2, 0.25) is 10.0 Å². The number of carbonyl (C=O) groups is 2. The van der Waals surface area contributed by atoms with Gasteiger partial charge in [-0.05, 0) is 31.2 Å².